The highest BCUT2D eigenvalue weighted by molar-refractivity contribution is 8.26. The first kappa shape index (κ1) is 18.5. The van der Waals surface area contributed by atoms with Crippen molar-refractivity contribution < 1.29 is 13.9 Å². The fourth-order valence-electron chi connectivity index (χ4n) is 2.24. The summed E-state index contributed by atoms with van der Waals surface area (Å²) in [5, 5.41) is 0.938. The Labute approximate surface area is 164 Å². The van der Waals surface area contributed by atoms with Gasteiger partial charge in [0, 0.05) is 18.7 Å². The number of carbonyl (C=O) groups excluding carboxylic acids is 1. The van der Waals surface area contributed by atoms with Crippen LogP contribution in [0.5, 0.6) is 0 Å². The van der Waals surface area contributed by atoms with Crippen molar-refractivity contribution in [2.45, 2.75) is 0 Å². The lowest BCUT2D eigenvalue weighted by molar-refractivity contribution is -0.122. The molecule has 0 saturated carbocycles. The van der Waals surface area contributed by atoms with Gasteiger partial charge in [0.15, 0.2) is 0 Å². The Balaban J connectivity index is 1.81. The van der Waals surface area contributed by atoms with Crippen LogP contribution < -0.4 is 0 Å². The molecule has 8 heteroatoms. The summed E-state index contributed by atoms with van der Waals surface area (Å²) in [4.78, 5) is 14.5. The molecule has 0 aliphatic carbocycles. The summed E-state index contributed by atoms with van der Waals surface area (Å²) in [6.45, 7) is 0.868. The lowest BCUT2D eigenvalue weighted by Gasteiger charge is -2.12. The molecule has 0 radical (unpaired) electrons. The zero-order valence-electron chi connectivity index (χ0n) is 13.1. The van der Waals surface area contributed by atoms with Gasteiger partial charge < -0.3 is 9.15 Å². The number of carbonyl (C=O) groups is 1. The van der Waals surface area contributed by atoms with Crippen LogP contribution in [0.3, 0.4) is 0 Å². The average Bonchev–Trinajstić information content (AvgIpc) is 3.15. The Morgan fingerprint density at radius 2 is 2.08 bits per heavy atom. The fraction of sp³-hybridized carbons (Fsp3) is 0.176. The molecule has 4 nitrogen and oxygen atoms in total. The molecular formula is C17H13Cl2NO3S2. The van der Waals surface area contributed by atoms with Gasteiger partial charge in [-0.2, -0.15) is 0 Å². The van der Waals surface area contributed by atoms with Gasteiger partial charge in [0.2, 0.25) is 0 Å². The van der Waals surface area contributed by atoms with Crippen molar-refractivity contribution in [2.75, 3.05) is 20.3 Å². The van der Waals surface area contributed by atoms with Gasteiger partial charge in [-0.05, 0) is 30.3 Å². The van der Waals surface area contributed by atoms with E-state index >= 15 is 0 Å². The van der Waals surface area contributed by atoms with Crippen molar-refractivity contribution in [1.29, 1.82) is 0 Å². The van der Waals surface area contributed by atoms with Crippen LogP contribution in [0.1, 0.15) is 5.76 Å². The van der Waals surface area contributed by atoms with Gasteiger partial charge in [-0.3, -0.25) is 9.69 Å². The summed E-state index contributed by atoms with van der Waals surface area (Å²) in [5.74, 6) is 1.06. The number of furan rings is 1. The van der Waals surface area contributed by atoms with Gasteiger partial charge in [-0.1, -0.05) is 47.2 Å². The molecule has 0 spiro atoms. The Morgan fingerprint density at radius 1 is 1.28 bits per heavy atom. The maximum absolute atomic E-state index is 12.4. The number of thioether (sulfide) groups is 1. The Hall–Kier alpha value is -1.31. The first-order valence-corrected chi connectivity index (χ1v) is 9.27. The second kappa shape index (κ2) is 7.93. The number of amides is 1. The number of benzene rings is 1. The Kier molecular flexibility index (Phi) is 5.86. The molecule has 0 N–H and O–H groups in total. The van der Waals surface area contributed by atoms with Crippen molar-refractivity contribution in [2.24, 2.45) is 0 Å². The van der Waals surface area contributed by atoms with Gasteiger partial charge >= 0.3 is 0 Å². The summed E-state index contributed by atoms with van der Waals surface area (Å²) >= 11 is 18.5. The standard InChI is InChI=1S/C17H13Cl2NO3S2/c1-22-7-6-20-16(21)15(25-17(20)24)9-11-3-5-14(23-11)10-2-4-12(18)13(19)8-10/h2-5,8-9H,6-7H2,1H3/b15-9-. The number of halogens is 2. The molecule has 1 aliphatic rings. The van der Waals surface area contributed by atoms with E-state index in [0.29, 0.717) is 43.9 Å². The lowest BCUT2D eigenvalue weighted by Crippen LogP contribution is -2.31. The first-order chi connectivity index (χ1) is 12.0. The van der Waals surface area contributed by atoms with E-state index < -0.39 is 0 Å². The second-order valence-corrected chi connectivity index (χ2v) is 7.65. The topological polar surface area (TPSA) is 42.7 Å². The number of hydrogen-bond donors (Lipinski definition) is 0. The molecule has 1 aromatic carbocycles. The Morgan fingerprint density at radius 3 is 2.80 bits per heavy atom. The number of nitrogens with zero attached hydrogens (tertiary/aromatic N) is 1. The summed E-state index contributed by atoms with van der Waals surface area (Å²) in [6.07, 6.45) is 1.69. The minimum absolute atomic E-state index is 0.139. The normalized spacial score (nSPS) is 16.3. The summed E-state index contributed by atoms with van der Waals surface area (Å²) in [7, 11) is 1.58. The van der Waals surface area contributed by atoms with E-state index in [0.717, 1.165) is 5.56 Å². The van der Waals surface area contributed by atoms with E-state index in [1.807, 2.05) is 12.1 Å². The third-order valence-electron chi connectivity index (χ3n) is 3.50. The first-order valence-electron chi connectivity index (χ1n) is 7.29. The molecule has 1 amide bonds. The number of thiocarbonyl (C=S) groups is 1. The lowest BCUT2D eigenvalue weighted by atomic mass is 10.2. The minimum atomic E-state index is -0.139. The van der Waals surface area contributed by atoms with Gasteiger partial charge in [0.25, 0.3) is 5.91 Å². The highest BCUT2D eigenvalue weighted by Crippen LogP contribution is 2.34. The van der Waals surface area contributed by atoms with Crippen LogP contribution >= 0.6 is 47.2 Å². The number of methoxy groups -OCH3 is 1. The predicted molar refractivity (Wildman–Crippen MR) is 106 cm³/mol. The van der Waals surface area contributed by atoms with E-state index in [9.17, 15) is 4.79 Å². The van der Waals surface area contributed by atoms with Crippen molar-refractivity contribution in [1.82, 2.24) is 4.90 Å². The van der Waals surface area contributed by atoms with Crippen molar-refractivity contribution >= 4 is 63.5 Å². The van der Waals surface area contributed by atoms with Gasteiger partial charge in [0.1, 0.15) is 15.8 Å². The highest BCUT2D eigenvalue weighted by Gasteiger charge is 2.31. The average molecular weight is 414 g/mol. The molecule has 1 aliphatic heterocycles. The third-order valence-corrected chi connectivity index (χ3v) is 5.61. The van der Waals surface area contributed by atoms with Crippen LogP contribution in [0, 0.1) is 0 Å². The zero-order chi connectivity index (χ0) is 18.0. The van der Waals surface area contributed by atoms with E-state index in [2.05, 4.69) is 0 Å². The molecule has 2 heterocycles. The highest BCUT2D eigenvalue weighted by atomic mass is 35.5. The number of hydrogen-bond acceptors (Lipinski definition) is 5. The molecular weight excluding hydrogens is 401 g/mol. The minimum Gasteiger partial charge on any atom is -0.457 e. The van der Waals surface area contributed by atoms with Gasteiger partial charge in [0.05, 0.1) is 28.1 Å². The Bertz CT molecular complexity index is 863. The summed E-state index contributed by atoms with van der Waals surface area (Å²) in [6, 6.07) is 8.87. The molecule has 2 aromatic rings. The zero-order valence-corrected chi connectivity index (χ0v) is 16.3. The van der Waals surface area contributed by atoms with Crippen LogP contribution in [0.15, 0.2) is 39.7 Å². The van der Waals surface area contributed by atoms with E-state index in [-0.39, 0.29) is 5.91 Å². The molecule has 25 heavy (non-hydrogen) atoms. The van der Waals surface area contributed by atoms with Crippen LogP contribution in [-0.2, 0) is 9.53 Å². The van der Waals surface area contributed by atoms with E-state index in [4.69, 9.17) is 44.6 Å². The summed E-state index contributed by atoms with van der Waals surface area (Å²) in [5.41, 5.74) is 0.807. The van der Waals surface area contributed by atoms with Gasteiger partial charge in [-0.25, -0.2) is 0 Å². The second-order valence-electron chi connectivity index (χ2n) is 5.16. The molecule has 3 rings (SSSR count). The largest absolute Gasteiger partial charge is 0.457 e. The van der Waals surface area contributed by atoms with Crippen LogP contribution in [0.25, 0.3) is 17.4 Å². The van der Waals surface area contributed by atoms with Gasteiger partial charge in [-0.15, -0.1) is 0 Å². The van der Waals surface area contributed by atoms with Crippen molar-refractivity contribution in [3.63, 3.8) is 0 Å². The van der Waals surface area contributed by atoms with Crippen LogP contribution in [0.2, 0.25) is 10.0 Å². The molecule has 0 bridgehead atoms. The smallest absolute Gasteiger partial charge is 0.266 e. The SMILES string of the molecule is COCCN1C(=O)/C(=C/c2ccc(-c3ccc(Cl)c(Cl)c3)o2)SC1=S. The molecule has 0 atom stereocenters. The van der Waals surface area contributed by atoms with Crippen LogP contribution in [0.4, 0.5) is 0 Å². The van der Waals surface area contributed by atoms with Crippen molar-refractivity contribution in [3.8, 4) is 11.3 Å². The molecule has 1 fully saturated rings. The predicted octanol–water partition coefficient (Wildman–Crippen LogP) is 5.10. The maximum Gasteiger partial charge on any atom is 0.266 e. The number of ether oxygens (including phenoxy) is 1. The maximum atomic E-state index is 12.4. The fourth-order valence-corrected chi connectivity index (χ4v) is 3.83. The molecule has 1 aromatic heterocycles. The van der Waals surface area contributed by atoms with Crippen molar-refractivity contribution in [3.05, 3.63) is 51.0 Å². The third kappa shape index (κ3) is 4.10. The molecule has 0 unspecified atom stereocenters. The summed E-state index contributed by atoms with van der Waals surface area (Å²) < 4.78 is 11.3. The molecule has 1 saturated heterocycles. The van der Waals surface area contributed by atoms with E-state index in [1.165, 1.54) is 16.7 Å². The quantitative estimate of drug-likeness (QED) is 0.503. The number of rotatable bonds is 5. The molecule has 130 valence electrons. The van der Waals surface area contributed by atoms with Crippen LogP contribution in [-0.4, -0.2) is 35.4 Å². The van der Waals surface area contributed by atoms with E-state index in [1.54, 1.807) is 31.4 Å². The monoisotopic (exact) mass is 413 g/mol.